The van der Waals surface area contributed by atoms with E-state index in [2.05, 4.69) is 4.98 Å². The molecule has 4 nitrogen and oxygen atoms in total. The minimum absolute atomic E-state index is 0.0536. The van der Waals surface area contributed by atoms with Crippen LogP contribution in [0.2, 0.25) is 5.02 Å². The summed E-state index contributed by atoms with van der Waals surface area (Å²) in [5.41, 5.74) is 0.510. The molecule has 0 bridgehead atoms. The smallest absolute Gasteiger partial charge is 0.273 e. The van der Waals surface area contributed by atoms with E-state index in [0.717, 1.165) is 17.2 Å². The Morgan fingerprint density at radius 2 is 2.29 bits per heavy atom. The van der Waals surface area contributed by atoms with Crippen LogP contribution in [0.15, 0.2) is 29.6 Å². The van der Waals surface area contributed by atoms with Gasteiger partial charge in [-0.2, -0.15) is 0 Å². The predicted molar refractivity (Wildman–Crippen MR) is 85.4 cm³/mol. The summed E-state index contributed by atoms with van der Waals surface area (Å²) in [4.78, 5) is 17.9. The third kappa shape index (κ3) is 4.72. The number of halogens is 1. The molecule has 0 spiro atoms. The summed E-state index contributed by atoms with van der Waals surface area (Å²) in [7, 11) is 1.77. The second-order valence-electron chi connectivity index (χ2n) is 4.64. The van der Waals surface area contributed by atoms with Crippen molar-refractivity contribution in [2.45, 2.75) is 13.3 Å². The monoisotopic (exact) mass is 324 g/mol. The van der Waals surface area contributed by atoms with Crippen molar-refractivity contribution in [3.05, 3.63) is 45.4 Å². The molecule has 0 aliphatic heterocycles. The van der Waals surface area contributed by atoms with Gasteiger partial charge < -0.3 is 9.64 Å². The van der Waals surface area contributed by atoms with Crippen LogP contribution in [0, 0.1) is 6.92 Å². The van der Waals surface area contributed by atoms with E-state index >= 15 is 0 Å². The third-order valence-corrected chi connectivity index (χ3v) is 3.90. The Labute approximate surface area is 133 Å². The number of hydrogen-bond donors (Lipinski definition) is 0. The first-order valence-electron chi connectivity index (χ1n) is 6.62. The fourth-order valence-corrected chi connectivity index (χ4v) is 2.57. The molecular weight excluding hydrogens is 308 g/mol. The van der Waals surface area contributed by atoms with E-state index in [-0.39, 0.29) is 5.91 Å². The maximum absolute atomic E-state index is 12.1. The fraction of sp³-hybridized carbons (Fsp3) is 0.333. The Morgan fingerprint density at radius 1 is 1.48 bits per heavy atom. The van der Waals surface area contributed by atoms with Crippen LogP contribution in [0.4, 0.5) is 0 Å². The number of ether oxygens (including phenoxy) is 1. The van der Waals surface area contributed by atoms with Crippen molar-refractivity contribution in [1.29, 1.82) is 0 Å². The van der Waals surface area contributed by atoms with Crippen molar-refractivity contribution < 1.29 is 9.53 Å². The average molecular weight is 325 g/mol. The Balaban J connectivity index is 1.74. The summed E-state index contributed by atoms with van der Waals surface area (Å²) in [5.74, 6) is 0.689. The first-order chi connectivity index (χ1) is 10.1. The average Bonchev–Trinajstić information content (AvgIpc) is 2.89. The van der Waals surface area contributed by atoms with Gasteiger partial charge in [0.15, 0.2) is 0 Å². The second kappa shape index (κ2) is 7.43. The van der Waals surface area contributed by atoms with E-state index in [9.17, 15) is 4.79 Å². The summed E-state index contributed by atoms with van der Waals surface area (Å²) >= 11 is 7.36. The second-order valence-corrected chi connectivity index (χ2v) is 6.14. The minimum Gasteiger partial charge on any atom is -0.493 e. The number of aromatic nitrogens is 1. The van der Waals surface area contributed by atoms with Crippen LogP contribution < -0.4 is 4.74 Å². The van der Waals surface area contributed by atoms with Gasteiger partial charge in [-0.05, 0) is 31.5 Å². The summed E-state index contributed by atoms with van der Waals surface area (Å²) in [5, 5.41) is 3.34. The van der Waals surface area contributed by atoms with E-state index in [4.69, 9.17) is 16.3 Å². The number of carbonyl (C=O) groups is 1. The summed E-state index contributed by atoms with van der Waals surface area (Å²) in [6, 6.07) is 7.28. The number of carbonyl (C=O) groups excluding carboxylic acids is 1. The number of nitrogens with zero attached hydrogens (tertiary/aromatic N) is 2. The van der Waals surface area contributed by atoms with Crippen LogP contribution >= 0.6 is 22.9 Å². The highest BCUT2D eigenvalue weighted by Gasteiger charge is 2.14. The lowest BCUT2D eigenvalue weighted by Crippen LogP contribution is -2.28. The Bertz CT molecular complexity index is 615. The zero-order valence-corrected chi connectivity index (χ0v) is 13.6. The van der Waals surface area contributed by atoms with Gasteiger partial charge >= 0.3 is 0 Å². The Morgan fingerprint density at radius 3 is 2.95 bits per heavy atom. The van der Waals surface area contributed by atoms with E-state index in [1.807, 2.05) is 19.1 Å². The van der Waals surface area contributed by atoms with Gasteiger partial charge in [-0.3, -0.25) is 4.79 Å². The van der Waals surface area contributed by atoms with Crippen molar-refractivity contribution in [2.75, 3.05) is 20.2 Å². The highest BCUT2D eigenvalue weighted by molar-refractivity contribution is 7.09. The lowest BCUT2D eigenvalue weighted by Gasteiger charge is -2.16. The molecule has 1 heterocycles. The molecule has 2 aromatic rings. The molecule has 0 unspecified atom stereocenters. The molecule has 0 radical (unpaired) electrons. The SMILES string of the molecule is Cc1nc(C(=O)N(C)CCCOc2cccc(Cl)c2)cs1. The molecule has 0 fully saturated rings. The van der Waals surface area contributed by atoms with Crippen molar-refractivity contribution in [2.24, 2.45) is 0 Å². The van der Waals surface area contributed by atoms with Gasteiger partial charge in [-0.15, -0.1) is 11.3 Å². The van der Waals surface area contributed by atoms with Crippen molar-refractivity contribution >= 4 is 28.8 Å². The summed E-state index contributed by atoms with van der Waals surface area (Å²) in [6.45, 7) is 3.05. The molecule has 1 amide bonds. The zero-order chi connectivity index (χ0) is 15.2. The highest BCUT2D eigenvalue weighted by atomic mass is 35.5. The number of thiazole rings is 1. The molecule has 0 aliphatic rings. The summed E-state index contributed by atoms with van der Waals surface area (Å²) in [6.07, 6.45) is 0.748. The van der Waals surface area contributed by atoms with Crippen molar-refractivity contribution in [3.63, 3.8) is 0 Å². The zero-order valence-electron chi connectivity index (χ0n) is 12.0. The van der Waals surface area contributed by atoms with Gasteiger partial charge in [0.1, 0.15) is 11.4 Å². The van der Waals surface area contributed by atoms with Gasteiger partial charge in [-0.25, -0.2) is 4.98 Å². The quantitative estimate of drug-likeness (QED) is 0.762. The first kappa shape index (κ1) is 15.8. The number of hydrogen-bond acceptors (Lipinski definition) is 4. The number of rotatable bonds is 6. The normalized spacial score (nSPS) is 10.4. The molecule has 0 N–H and O–H groups in total. The molecule has 112 valence electrons. The molecule has 6 heteroatoms. The Hall–Kier alpha value is -1.59. The fourth-order valence-electron chi connectivity index (χ4n) is 1.81. The van der Waals surface area contributed by atoms with Crippen LogP contribution in [0.5, 0.6) is 5.75 Å². The first-order valence-corrected chi connectivity index (χ1v) is 7.88. The molecule has 0 saturated carbocycles. The third-order valence-electron chi connectivity index (χ3n) is 2.89. The maximum Gasteiger partial charge on any atom is 0.273 e. The molecule has 1 aromatic carbocycles. The van der Waals surface area contributed by atoms with Crippen molar-refractivity contribution in [3.8, 4) is 5.75 Å². The van der Waals surface area contributed by atoms with Crippen LogP contribution in [-0.4, -0.2) is 36.0 Å². The largest absolute Gasteiger partial charge is 0.493 e. The Kier molecular flexibility index (Phi) is 5.59. The molecular formula is C15H17ClN2O2S. The standard InChI is InChI=1S/C15H17ClN2O2S/c1-11-17-14(10-21-11)15(19)18(2)7-4-8-20-13-6-3-5-12(16)9-13/h3,5-6,9-10H,4,7-8H2,1-2H3. The minimum atomic E-state index is -0.0536. The van der Waals surface area contributed by atoms with Crippen LogP contribution in [0.3, 0.4) is 0 Å². The van der Waals surface area contributed by atoms with Crippen molar-refractivity contribution in [1.82, 2.24) is 9.88 Å². The number of aryl methyl sites for hydroxylation is 1. The molecule has 2 rings (SSSR count). The highest BCUT2D eigenvalue weighted by Crippen LogP contribution is 2.17. The van der Waals surface area contributed by atoms with Gasteiger partial charge in [0.25, 0.3) is 5.91 Å². The lowest BCUT2D eigenvalue weighted by atomic mass is 10.3. The van der Waals surface area contributed by atoms with E-state index in [1.165, 1.54) is 11.3 Å². The predicted octanol–water partition coefficient (Wildman–Crippen LogP) is 3.65. The molecule has 1 aromatic heterocycles. The number of amides is 1. The van der Waals surface area contributed by atoms with E-state index in [1.54, 1.807) is 29.5 Å². The van der Waals surface area contributed by atoms with Crippen LogP contribution in [0.25, 0.3) is 0 Å². The van der Waals surface area contributed by atoms with Crippen LogP contribution in [0.1, 0.15) is 21.9 Å². The van der Waals surface area contributed by atoms with Crippen LogP contribution in [-0.2, 0) is 0 Å². The molecule has 0 saturated heterocycles. The van der Waals surface area contributed by atoms with E-state index in [0.29, 0.717) is 23.9 Å². The van der Waals surface area contributed by atoms with Gasteiger partial charge in [0.05, 0.1) is 11.6 Å². The van der Waals surface area contributed by atoms with Gasteiger partial charge in [0.2, 0.25) is 0 Å². The lowest BCUT2D eigenvalue weighted by molar-refractivity contribution is 0.0782. The van der Waals surface area contributed by atoms with Gasteiger partial charge in [0, 0.05) is 24.0 Å². The maximum atomic E-state index is 12.1. The molecule has 21 heavy (non-hydrogen) atoms. The molecule has 0 aliphatic carbocycles. The summed E-state index contributed by atoms with van der Waals surface area (Å²) < 4.78 is 5.59. The van der Waals surface area contributed by atoms with Gasteiger partial charge in [-0.1, -0.05) is 17.7 Å². The molecule has 0 atom stereocenters. The topological polar surface area (TPSA) is 42.4 Å². The number of benzene rings is 1. The van der Waals surface area contributed by atoms with E-state index < -0.39 is 0 Å².